The van der Waals surface area contributed by atoms with E-state index >= 15 is 0 Å². The second kappa shape index (κ2) is 20.8. The Labute approximate surface area is 327 Å². The number of hydrogen-bond donors (Lipinski definition) is 2. The predicted molar refractivity (Wildman–Crippen MR) is 206 cm³/mol. The Balaban J connectivity index is 0.000000191. The van der Waals surface area contributed by atoms with Gasteiger partial charge in [-0.3, -0.25) is 0 Å². The smallest absolute Gasteiger partial charge is 0.490 e. The largest absolute Gasteiger partial charge is 0.491 e. The van der Waals surface area contributed by atoms with Gasteiger partial charge in [0.2, 0.25) is 0 Å². The number of ether oxygens (including phenoxy) is 4. The average molecular weight is 789 g/mol. The summed E-state index contributed by atoms with van der Waals surface area (Å²) in [6.07, 6.45) is -1.90. The maximum Gasteiger partial charge on any atom is 0.490 e. The Kier molecular flexibility index (Phi) is 15.4. The number of aryl methyl sites for hydroxylation is 2. The van der Waals surface area contributed by atoms with E-state index in [0.717, 1.165) is 87.2 Å². The lowest BCUT2D eigenvalue weighted by molar-refractivity contribution is -0.192. The van der Waals surface area contributed by atoms with Crippen molar-refractivity contribution in [3.05, 3.63) is 121 Å². The summed E-state index contributed by atoms with van der Waals surface area (Å²) in [7, 11) is 0. The first-order valence-electron chi connectivity index (χ1n) is 18.2. The zero-order valence-electron chi connectivity index (χ0n) is 31.4. The molecule has 1 unspecified atom stereocenters. The predicted octanol–water partition coefficient (Wildman–Crippen LogP) is 9.56. The molecule has 11 nitrogen and oxygen atoms in total. The molecule has 3 heterocycles. The third-order valence-corrected chi connectivity index (χ3v) is 8.50. The number of nitrogens with zero attached hydrogens (tertiary/aromatic N) is 2. The van der Waals surface area contributed by atoms with Gasteiger partial charge in [-0.2, -0.15) is 13.2 Å². The minimum absolute atomic E-state index is 0.00463. The Morgan fingerprint density at radius 3 is 1.54 bits per heavy atom. The van der Waals surface area contributed by atoms with Crippen LogP contribution in [0, 0.1) is 13.8 Å². The molecule has 0 bridgehead atoms. The fourth-order valence-corrected chi connectivity index (χ4v) is 5.79. The molecule has 1 atom stereocenters. The minimum atomic E-state index is -5.08. The van der Waals surface area contributed by atoms with Gasteiger partial charge in [-0.15, -0.1) is 0 Å². The maximum atomic E-state index is 10.6. The highest BCUT2D eigenvalue weighted by Crippen LogP contribution is 2.36. The van der Waals surface area contributed by atoms with Crippen molar-refractivity contribution in [2.75, 3.05) is 33.0 Å². The fourth-order valence-electron chi connectivity index (χ4n) is 5.79. The van der Waals surface area contributed by atoms with Gasteiger partial charge in [-0.25, -0.2) is 4.79 Å². The van der Waals surface area contributed by atoms with E-state index < -0.39 is 12.1 Å². The van der Waals surface area contributed by atoms with Crippen LogP contribution >= 0.6 is 0 Å². The molecule has 1 fully saturated rings. The molecule has 57 heavy (non-hydrogen) atoms. The molecule has 1 saturated heterocycles. The number of carboxylic acids is 1. The normalized spacial score (nSPS) is 13.8. The van der Waals surface area contributed by atoms with E-state index in [9.17, 15) is 13.2 Å². The molecule has 1 aliphatic rings. The van der Waals surface area contributed by atoms with Gasteiger partial charge in [-0.1, -0.05) is 95.2 Å². The van der Waals surface area contributed by atoms with Crippen LogP contribution in [-0.2, 0) is 14.3 Å². The SMILES string of the molecule is Cc1onc(-c2ccccc2)c1-c1ccc(OCCO)cc1.Cc1onc(-c2ccccc2)c1-c1ccc(OCCOC2CCCCO2)cc1.O=C(O)C(F)(F)F. The van der Waals surface area contributed by atoms with Gasteiger partial charge >= 0.3 is 12.1 Å². The van der Waals surface area contributed by atoms with Crippen LogP contribution in [0.25, 0.3) is 44.8 Å². The number of carboxylic acid groups (broad SMARTS) is 1. The van der Waals surface area contributed by atoms with Crippen molar-refractivity contribution in [1.29, 1.82) is 0 Å². The summed E-state index contributed by atoms with van der Waals surface area (Å²) < 4.78 is 65.0. The van der Waals surface area contributed by atoms with Crippen LogP contribution in [0.3, 0.4) is 0 Å². The first kappa shape index (κ1) is 42.2. The van der Waals surface area contributed by atoms with Crippen molar-refractivity contribution in [1.82, 2.24) is 10.3 Å². The zero-order chi connectivity index (χ0) is 40.6. The van der Waals surface area contributed by atoms with Gasteiger partial charge in [0.15, 0.2) is 6.29 Å². The number of aliphatic hydroxyl groups excluding tert-OH is 1. The number of aliphatic hydroxyl groups is 1. The van der Waals surface area contributed by atoms with E-state index in [4.69, 9.17) is 43.0 Å². The first-order valence-corrected chi connectivity index (χ1v) is 18.2. The Hall–Kier alpha value is -5.96. The molecule has 0 radical (unpaired) electrons. The number of aromatic nitrogens is 2. The van der Waals surface area contributed by atoms with Gasteiger partial charge in [0.05, 0.1) is 24.3 Å². The average Bonchev–Trinajstić information content (AvgIpc) is 3.82. The number of rotatable bonds is 12. The fraction of sp³-hybridized carbons (Fsp3) is 0.279. The maximum absolute atomic E-state index is 10.6. The van der Waals surface area contributed by atoms with Crippen LogP contribution in [0.1, 0.15) is 30.8 Å². The van der Waals surface area contributed by atoms with E-state index in [2.05, 4.69) is 10.3 Å². The third kappa shape index (κ3) is 12.3. The van der Waals surface area contributed by atoms with E-state index in [0.29, 0.717) is 19.8 Å². The molecule has 1 aliphatic heterocycles. The number of hydrogen-bond acceptors (Lipinski definition) is 10. The van der Waals surface area contributed by atoms with Gasteiger partial charge in [0.1, 0.15) is 47.6 Å². The summed E-state index contributed by atoms with van der Waals surface area (Å²) >= 11 is 0. The molecule has 2 aromatic heterocycles. The molecule has 0 spiro atoms. The minimum Gasteiger partial charge on any atom is -0.491 e. The van der Waals surface area contributed by atoms with E-state index in [1.807, 2.05) is 123 Å². The third-order valence-electron chi connectivity index (χ3n) is 8.50. The molecule has 7 rings (SSSR count). The van der Waals surface area contributed by atoms with Crippen LogP contribution in [0.2, 0.25) is 0 Å². The number of halogens is 3. The first-order chi connectivity index (χ1) is 27.5. The Bertz CT molecular complexity index is 2100. The van der Waals surface area contributed by atoms with E-state index in [-0.39, 0.29) is 12.9 Å². The van der Waals surface area contributed by atoms with Gasteiger partial charge in [0.25, 0.3) is 0 Å². The molecule has 0 saturated carbocycles. The lowest BCUT2D eigenvalue weighted by atomic mass is 9.99. The van der Waals surface area contributed by atoms with Crippen molar-refractivity contribution in [2.24, 2.45) is 0 Å². The molecule has 0 aliphatic carbocycles. The van der Waals surface area contributed by atoms with Crippen LogP contribution in [-0.4, -0.2) is 72.0 Å². The molecule has 300 valence electrons. The molecule has 2 N–H and O–H groups in total. The summed E-state index contributed by atoms with van der Waals surface area (Å²) in [4.78, 5) is 8.90. The Morgan fingerprint density at radius 1 is 0.684 bits per heavy atom. The zero-order valence-corrected chi connectivity index (χ0v) is 31.4. The summed E-state index contributed by atoms with van der Waals surface area (Å²) in [5.74, 6) is 0.365. The van der Waals surface area contributed by atoms with Crippen molar-refractivity contribution >= 4 is 5.97 Å². The topological polar surface area (TPSA) is 147 Å². The quantitative estimate of drug-likeness (QED) is 0.114. The monoisotopic (exact) mass is 788 g/mol. The molecule has 0 amide bonds. The summed E-state index contributed by atoms with van der Waals surface area (Å²) in [6.45, 7) is 5.96. The summed E-state index contributed by atoms with van der Waals surface area (Å²) in [6, 6.07) is 35.7. The van der Waals surface area contributed by atoms with Gasteiger partial charge < -0.3 is 38.2 Å². The standard InChI is InChI=1S/C23H25NO4.C18H17NO3.C2HF3O2/c1-17-22(23(24-28-17)19-7-3-2-4-8-19)18-10-12-20(13-11-18)25-15-16-27-21-9-5-6-14-26-21;1-13-17(14-7-9-16(10-8-14)21-12-11-20)18(19-22-13)15-5-3-2-4-6-15;3-2(4,5)1(6)7/h2-4,7-8,10-13,21H,5-6,9,14-16H2,1H3;2-10,20H,11-12H2,1H3;(H,6,7). The molecule has 14 heteroatoms. The van der Waals surface area contributed by atoms with Crippen LogP contribution in [0.5, 0.6) is 11.5 Å². The highest BCUT2D eigenvalue weighted by molar-refractivity contribution is 5.83. The summed E-state index contributed by atoms with van der Waals surface area (Å²) in [5, 5.41) is 24.4. The highest BCUT2D eigenvalue weighted by atomic mass is 19.4. The van der Waals surface area contributed by atoms with E-state index in [1.165, 1.54) is 6.42 Å². The number of benzene rings is 4. The Morgan fingerprint density at radius 2 is 1.14 bits per heavy atom. The van der Waals surface area contributed by atoms with Gasteiger partial charge in [0, 0.05) is 17.7 Å². The number of aliphatic carboxylic acids is 1. The lowest BCUT2D eigenvalue weighted by Gasteiger charge is -2.22. The molecular weight excluding hydrogens is 745 g/mol. The van der Waals surface area contributed by atoms with Crippen LogP contribution < -0.4 is 9.47 Å². The number of carbonyl (C=O) groups is 1. The number of alkyl halides is 3. The van der Waals surface area contributed by atoms with Crippen molar-refractivity contribution in [2.45, 2.75) is 45.6 Å². The second-order valence-electron chi connectivity index (χ2n) is 12.6. The van der Waals surface area contributed by atoms with Crippen molar-refractivity contribution in [3.63, 3.8) is 0 Å². The van der Waals surface area contributed by atoms with Crippen molar-refractivity contribution in [3.8, 4) is 56.3 Å². The van der Waals surface area contributed by atoms with Crippen LogP contribution in [0.15, 0.2) is 118 Å². The van der Waals surface area contributed by atoms with Crippen LogP contribution in [0.4, 0.5) is 13.2 Å². The molecular formula is C43H43F3N2O9. The molecule has 4 aromatic carbocycles. The lowest BCUT2D eigenvalue weighted by Crippen LogP contribution is -2.24. The second-order valence-corrected chi connectivity index (χ2v) is 12.6. The van der Waals surface area contributed by atoms with Crippen molar-refractivity contribution < 1.29 is 56.2 Å². The van der Waals surface area contributed by atoms with E-state index in [1.54, 1.807) is 0 Å². The summed E-state index contributed by atoms with van der Waals surface area (Å²) in [5.41, 5.74) is 7.82. The highest BCUT2D eigenvalue weighted by Gasteiger charge is 2.38. The molecule has 6 aromatic rings. The van der Waals surface area contributed by atoms with Gasteiger partial charge in [-0.05, 0) is 68.5 Å².